The summed E-state index contributed by atoms with van der Waals surface area (Å²) in [5, 5.41) is 3.10. The summed E-state index contributed by atoms with van der Waals surface area (Å²) >= 11 is 0. The average molecular weight is 211 g/mol. The normalized spacial score (nSPS) is 10.3. The van der Waals surface area contributed by atoms with Crippen LogP contribution in [0.5, 0.6) is 5.88 Å². The second kappa shape index (κ2) is 6.19. The molecule has 0 unspecified atom stereocenters. The molecule has 0 saturated carbocycles. The zero-order valence-corrected chi connectivity index (χ0v) is 9.19. The van der Waals surface area contributed by atoms with E-state index in [-0.39, 0.29) is 11.4 Å². The number of rotatable bonds is 6. The van der Waals surface area contributed by atoms with Gasteiger partial charge in [0, 0.05) is 25.5 Å². The molecule has 1 N–H and O–H groups in total. The maximum Gasteiger partial charge on any atom is 0.313 e. The van der Waals surface area contributed by atoms with Crippen LogP contribution < -0.4 is 15.6 Å². The van der Waals surface area contributed by atoms with Crippen molar-refractivity contribution in [3.8, 4) is 5.88 Å². The van der Waals surface area contributed by atoms with E-state index in [1.54, 1.807) is 17.0 Å². The minimum Gasteiger partial charge on any atom is -0.472 e. The lowest BCUT2D eigenvalue weighted by Crippen LogP contribution is -2.25. The van der Waals surface area contributed by atoms with Crippen LogP contribution in [0.4, 0.5) is 0 Å². The van der Waals surface area contributed by atoms with Gasteiger partial charge >= 0.3 is 5.56 Å². The standard InChI is InChI=1S/C10H17N3O2/c1-3-11-6-8-15-9-10(14)13(4-2)7-5-12-9/h5,7,11H,3-4,6,8H2,1-2H3. The van der Waals surface area contributed by atoms with E-state index in [2.05, 4.69) is 10.3 Å². The van der Waals surface area contributed by atoms with Crippen LogP contribution in [0.1, 0.15) is 13.8 Å². The highest BCUT2D eigenvalue weighted by Crippen LogP contribution is 1.95. The molecule has 5 nitrogen and oxygen atoms in total. The fourth-order valence-electron chi connectivity index (χ4n) is 1.17. The number of likely N-dealkylation sites (N-methyl/N-ethyl adjacent to an activating group) is 1. The fourth-order valence-corrected chi connectivity index (χ4v) is 1.17. The molecule has 0 atom stereocenters. The van der Waals surface area contributed by atoms with E-state index in [0.29, 0.717) is 13.2 Å². The largest absolute Gasteiger partial charge is 0.472 e. The van der Waals surface area contributed by atoms with Gasteiger partial charge in [-0.3, -0.25) is 4.79 Å². The van der Waals surface area contributed by atoms with E-state index >= 15 is 0 Å². The first-order valence-corrected chi connectivity index (χ1v) is 5.18. The topological polar surface area (TPSA) is 56.1 Å². The Labute approximate surface area is 89.1 Å². The van der Waals surface area contributed by atoms with E-state index in [4.69, 9.17) is 4.74 Å². The molecule has 0 aliphatic carbocycles. The van der Waals surface area contributed by atoms with E-state index < -0.39 is 0 Å². The van der Waals surface area contributed by atoms with Crippen LogP contribution in [0.3, 0.4) is 0 Å². The minimum atomic E-state index is -0.170. The number of aryl methyl sites for hydroxylation is 1. The molecule has 1 heterocycles. The van der Waals surface area contributed by atoms with Gasteiger partial charge in [-0.1, -0.05) is 6.92 Å². The van der Waals surface area contributed by atoms with Gasteiger partial charge in [0.1, 0.15) is 6.61 Å². The highest BCUT2D eigenvalue weighted by atomic mass is 16.5. The second-order valence-electron chi connectivity index (χ2n) is 3.03. The van der Waals surface area contributed by atoms with Crippen molar-refractivity contribution in [2.75, 3.05) is 19.7 Å². The third kappa shape index (κ3) is 3.36. The van der Waals surface area contributed by atoms with Crippen LogP contribution in [0.15, 0.2) is 17.2 Å². The molecule has 1 rings (SSSR count). The fraction of sp³-hybridized carbons (Fsp3) is 0.600. The van der Waals surface area contributed by atoms with Crippen LogP contribution in [0.2, 0.25) is 0 Å². The zero-order chi connectivity index (χ0) is 11.1. The predicted molar refractivity (Wildman–Crippen MR) is 58.2 cm³/mol. The number of hydrogen-bond donors (Lipinski definition) is 1. The van der Waals surface area contributed by atoms with Crippen molar-refractivity contribution in [1.29, 1.82) is 0 Å². The summed E-state index contributed by atoms with van der Waals surface area (Å²) in [4.78, 5) is 15.5. The summed E-state index contributed by atoms with van der Waals surface area (Å²) in [6.45, 7) is 6.63. The molecule has 0 bridgehead atoms. The second-order valence-corrected chi connectivity index (χ2v) is 3.03. The number of nitrogens with zero attached hydrogens (tertiary/aromatic N) is 2. The highest BCUT2D eigenvalue weighted by molar-refractivity contribution is 5.04. The quantitative estimate of drug-likeness (QED) is 0.685. The Morgan fingerprint density at radius 2 is 2.33 bits per heavy atom. The van der Waals surface area contributed by atoms with Gasteiger partial charge in [0.2, 0.25) is 0 Å². The molecule has 5 heteroatoms. The number of aromatic nitrogens is 2. The minimum absolute atomic E-state index is 0.170. The van der Waals surface area contributed by atoms with Crippen LogP contribution in [0.25, 0.3) is 0 Å². The molecule has 0 aromatic carbocycles. The van der Waals surface area contributed by atoms with Crippen molar-refractivity contribution >= 4 is 0 Å². The smallest absolute Gasteiger partial charge is 0.313 e. The molecular formula is C10H17N3O2. The molecule has 0 aliphatic rings. The van der Waals surface area contributed by atoms with Gasteiger partial charge < -0.3 is 14.6 Å². The Bertz CT molecular complexity index is 349. The zero-order valence-electron chi connectivity index (χ0n) is 9.19. The van der Waals surface area contributed by atoms with Gasteiger partial charge in [0.15, 0.2) is 0 Å². The lowest BCUT2D eigenvalue weighted by molar-refractivity contribution is 0.296. The maximum atomic E-state index is 11.6. The highest BCUT2D eigenvalue weighted by Gasteiger charge is 2.03. The Kier molecular flexibility index (Phi) is 4.83. The first kappa shape index (κ1) is 11.7. The van der Waals surface area contributed by atoms with Crippen LogP contribution in [-0.2, 0) is 6.54 Å². The van der Waals surface area contributed by atoms with Crippen LogP contribution >= 0.6 is 0 Å². The third-order valence-electron chi connectivity index (χ3n) is 1.99. The third-order valence-corrected chi connectivity index (χ3v) is 1.99. The SMILES string of the molecule is CCNCCOc1nccn(CC)c1=O. The lowest BCUT2D eigenvalue weighted by atomic mass is 10.6. The van der Waals surface area contributed by atoms with Gasteiger partial charge in [0.05, 0.1) is 0 Å². The van der Waals surface area contributed by atoms with Gasteiger partial charge in [-0.25, -0.2) is 4.98 Å². The molecule has 0 radical (unpaired) electrons. The van der Waals surface area contributed by atoms with E-state index in [1.807, 2.05) is 13.8 Å². The van der Waals surface area contributed by atoms with Crippen molar-refractivity contribution in [3.05, 3.63) is 22.7 Å². The van der Waals surface area contributed by atoms with Crippen molar-refractivity contribution < 1.29 is 4.74 Å². The summed E-state index contributed by atoms with van der Waals surface area (Å²) < 4.78 is 6.84. The Balaban J connectivity index is 2.57. The molecule has 84 valence electrons. The van der Waals surface area contributed by atoms with Crippen molar-refractivity contribution in [2.45, 2.75) is 20.4 Å². The van der Waals surface area contributed by atoms with Crippen molar-refractivity contribution in [1.82, 2.24) is 14.9 Å². The number of ether oxygens (including phenoxy) is 1. The molecule has 0 aliphatic heterocycles. The number of hydrogen-bond acceptors (Lipinski definition) is 4. The van der Waals surface area contributed by atoms with Crippen molar-refractivity contribution in [2.24, 2.45) is 0 Å². The van der Waals surface area contributed by atoms with E-state index in [0.717, 1.165) is 13.1 Å². The molecular weight excluding hydrogens is 194 g/mol. The van der Waals surface area contributed by atoms with E-state index in [1.165, 1.54) is 0 Å². The molecule has 1 aromatic rings. The monoisotopic (exact) mass is 211 g/mol. The lowest BCUT2D eigenvalue weighted by Gasteiger charge is -2.06. The maximum absolute atomic E-state index is 11.6. The first-order valence-electron chi connectivity index (χ1n) is 5.18. The van der Waals surface area contributed by atoms with Gasteiger partial charge in [-0.05, 0) is 13.5 Å². The first-order chi connectivity index (χ1) is 7.29. The summed E-state index contributed by atoms with van der Waals surface area (Å²) in [6.07, 6.45) is 3.23. The van der Waals surface area contributed by atoms with Gasteiger partial charge in [-0.15, -0.1) is 0 Å². The van der Waals surface area contributed by atoms with Gasteiger partial charge in [0.25, 0.3) is 5.88 Å². The van der Waals surface area contributed by atoms with E-state index in [9.17, 15) is 4.79 Å². The average Bonchev–Trinajstić information content (AvgIpc) is 2.26. The predicted octanol–water partition coefficient (Wildman–Crippen LogP) is 0.251. The van der Waals surface area contributed by atoms with Gasteiger partial charge in [-0.2, -0.15) is 0 Å². The molecule has 0 amide bonds. The molecule has 0 saturated heterocycles. The molecule has 1 aromatic heterocycles. The molecule has 15 heavy (non-hydrogen) atoms. The molecule has 0 spiro atoms. The number of nitrogens with one attached hydrogen (secondary N) is 1. The van der Waals surface area contributed by atoms with Crippen LogP contribution in [0, 0.1) is 0 Å². The summed E-state index contributed by atoms with van der Waals surface area (Å²) in [6, 6.07) is 0. The van der Waals surface area contributed by atoms with Crippen molar-refractivity contribution in [3.63, 3.8) is 0 Å². The Hall–Kier alpha value is -1.36. The Morgan fingerprint density at radius 3 is 3.00 bits per heavy atom. The Morgan fingerprint density at radius 1 is 1.53 bits per heavy atom. The molecule has 0 fully saturated rings. The van der Waals surface area contributed by atoms with Crippen LogP contribution in [-0.4, -0.2) is 29.2 Å². The summed E-state index contributed by atoms with van der Waals surface area (Å²) in [7, 11) is 0. The summed E-state index contributed by atoms with van der Waals surface area (Å²) in [5.41, 5.74) is -0.170. The summed E-state index contributed by atoms with van der Waals surface area (Å²) in [5.74, 6) is 0.178.